The summed E-state index contributed by atoms with van der Waals surface area (Å²) < 4.78 is 5.87. The number of aliphatic hydroxyl groups is 1. The second kappa shape index (κ2) is 5.81. The standard InChI is InChI=1S/C12H12ClN3O3/c1-19-12(18)11-14-7-16(15-11)6-10(17)8-3-2-4-9(13)5-8/h2-5,7,10,17H,6H2,1H3. The van der Waals surface area contributed by atoms with Gasteiger partial charge >= 0.3 is 5.97 Å². The monoisotopic (exact) mass is 281 g/mol. The van der Waals surface area contributed by atoms with Gasteiger partial charge in [-0.15, -0.1) is 5.10 Å². The number of hydrogen-bond donors (Lipinski definition) is 1. The minimum Gasteiger partial charge on any atom is -0.463 e. The van der Waals surface area contributed by atoms with Gasteiger partial charge < -0.3 is 9.84 Å². The Morgan fingerprint density at radius 2 is 2.37 bits per heavy atom. The van der Waals surface area contributed by atoms with Crippen molar-refractivity contribution in [1.29, 1.82) is 0 Å². The van der Waals surface area contributed by atoms with Crippen LogP contribution < -0.4 is 0 Å². The summed E-state index contributed by atoms with van der Waals surface area (Å²) in [7, 11) is 1.25. The molecule has 1 atom stereocenters. The van der Waals surface area contributed by atoms with Crippen LogP contribution in [0.25, 0.3) is 0 Å². The molecule has 0 aliphatic carbocycles. The van der Waals surface area contributed by atoms with Crippen LogP contribution in [0.2, 0.25) is 5.02 Å². The number of benzene rings is 1. The molecule has 0 aliphatic rings. The highest BCUT2D eigenvalue weighted by Crippen LogP contribution is 2.18. The quantitative estimate of drug-likeness (QED) is 0.858. The van der Waals surface area contributed by atoms with Crippen LogP contribution in [0.3, 0.4) is 0 Å². The van der Waals surface area contributed by atoms with E-state index in [4.69, 9.17) is 11.6 Å². The van der Waals surface area contributed by atoms with Gasteiger partial charge in [-0.25, -0.2) is 14.5 Å². The summed E-state index contributed by atoms with van der Waals surface area (Å²) in [6, 6.07) is 6.91. The molecule has 100 valence electrons. The largest absolute Gasteiger partial charge is 0.463 e. The maximum atomic E-state index is 11.2. The lowest BCUT2D eigenvalue weighted by molar-refractivity contribution is 0.0585. The zero-order valence-electron chi connectivity index (χ0n) is 10.2. The molecule has 1 aromatic carbocycles. The number of rotatable bonds is 4. The van der Waals surface area contributed by atoms with E-state index in [1.807, 2.05) is 0 Å². The molecule has 1 heterocycles. The third kappa shape index (κ3) is 3.30. The Morgan fingerprint density at radius 1 is 1.58 bits per heavy atom. The van der Waals surface area contributed by atoms with E-state index in [-0.39, 0.29) is 12.4 Å². The van der Waals surface area contributed by atoms with E-state index in [9.17, 15) is 9.90 Å². The molecule has 0 fully saturated rings. The number of carbonyl (C=O) groups is 1. The van der Waals surface area contributed by atoms with Crippen molar-refractivity contribution in [3.05, 3.63) is 47.0 Å². The molecule has 1 N–H and O–H groups in total. The summed E-state index contributed by atoms with van der Waals surface area (Å²) in [6.45, 7) is 0.171. The predicted octanol–water partition coefficient (Wildman–Crippen LogP) is 1.45. The molecule has 6 nitrogen and oxygen atoms in total. The van der Waals surface area contributed by atoms with Gasteiger partial charge in [0.2, 0.25) is 0 Å². The number of halogens is 1. The van der Waals surface area contributed by atoms with Crippen LogP contribution in [0.15, 0.2) is 30.6 Å². The Hall–Kier alpha value is -1.92. The van der Waals surface area contributed by atoms with Gasteiger partial charge in [-0.05, 0) is 17.7 Å². The molecule has 1 aromatic heterocycles. The van der Waals surface area contributed by atoms with Crippen LogP contribution in [-0.2, 0) is 11.3 Å². The summed E-state index contributed by atoms with van der Waals surface area (Å²) >= 11 is 5.85. The normalized spacial score (nSPS) is 12.2. The van der Waals surface area contributed by atoms with Crippen molar-refractivity contribution in [3.8, 4) is 0 Å². The molecule has 2 rings (SSSR count). The first-order chi connectivity index (χ1) is 9.10. The predicted molar refractivity (Wildman–Crippen MR) is 67.8 cm³/mol. The summed E-state index contributed by atoms with van der Waals surface area (Å²) in [4.78, 5) is 15.0. The van der Waals surface area contributed by atoms with E-state index in [0.29, 0.717) is 10.6 Å². The first kappa shape index (κ1) is 13.5. The molecule has 0 saturated carbocycles. The SMILES string of the molecule is COC(=O)c1ncn(CC(O)c2cccc(Cl)c2)n1. The Labute approximate surface area is 114 Å². The lowest BCUT2D eigenvalue weighted by Gasteiger charge is -2.10. The van der Waals surface area contributed by atoms with E-state index < -0.39 is 12.1 Å². The van der Waals surface area contributed by atoms with Crippen molar-refractivity contribution < 1.29 is 14.6 Å². The Bertz CT molecular complexity index is 585. The smallest absolute Gasteiger partial charge is 0.377 e. The van der Waals surface area contributed by atoms with Crippen molar-refractivity contribution in [3.63, 3.8) is 0 Å². The number of esters is 1. The van der Waals surface area contributed by atoms with Gasteiger partial charge in [0.15, 0.2) is 0 Å². The van der Waals surface area contributed by atoms with Crippen LogP contribution in [0, 0.1) is 0 Å². The molecule has 7 heteroatoms. The fourth-order valence-electron chi connectivity index (χ4n) is 1.56. The van der Waals surface area contributed by atoms with Crippen LogP contribution in [0.4, 0.5) is 0 Å². The lowest BCUT2D eigenvalue weighted by Crippen LogP contribution is -2.11. The van der Waals surface area contributed by atoms with Crippen molar-refractivity contribution in [2.75, 3.05) is 7.11 Å². The minimum absolute atomic E-state index is 0.0409. The number of methoxy groups -OCH3 is 1. The zero-order valence-corrected chi connectivity index (χ0v) is 10.9. The van der Waals surface area contributed by atoms with E-state index in [1.54, 1.807) is 24.3 Å². The molecule has 2 aromatic rings. The summed E-state index contributed by atoms with van der Waals surface area (Å²) in [6.07, 6.45) is 0.575. The van der Waals surface area contributed by atoms with Gasteiger partial charge in [0.05, 0.1) is 19.8 Å². The molecule has 0 bridgehead atoms. The second-order valence-corrected chi connectivity index (χ2v) is 4.29. The number of ether oxygens (including phenoxy) is 1. The highest BCUT2D eigenvalue weighted by molar-refractivity contribution is 6.30. The summed E-state index contributed by atoms with van der Waals surface area (Å²) in [5.74, 6) is -0.656. The molecule has 0 radical (unpaired) electrons. The number of hydrogen-bond acceptors (Lipinski definition) is 5. The van der Waals surface area contributed by atoms with E-state index in [2.05, 4.69) is 14.8 Å². The van der Waals surface area contributed by atoms with E-state index in [0.717, 1.165) is 0 Å². The first-order valence-corrected chi connectivity index (χ1v) is 5.89. The van der Waals surface area contributed by atoms with Crippen LogP contribution in [0.5, 0.6) is 0 Å². The molecule has 0 spiro atoms. The van der Waals surface area contributed by atoms with Gasteiger partial charge in [-0.3, -0.25) is 0 Å². The lowest BCUT2D eigenvalue weighted by atomic mass is 10.1. The summed E-state index contributed by atoms with van der Waals surface area (Å²) in [5, 5.41) is 14.5. The zero-order chi connectivity index (χ0) is 13.8. The highest BCUT2D eigenvalue weighted by Gasteiger charge is 2.14. The van der Waals surface area contributed by atoms with E-state index >= 15 is 0 Å². The van der Waals surface area contributed by atoms with Crippen molar-refractivity contribution in [2.45, 2.75) is 12.6 Å². The van der Waals surface area contributed by atoms with Gasteiger partial charge in [-0.2, -0.15) is 0 Å². The fraction of sp³-hybridized carbons (Fsp3) is 0.250. The molecular weight excluding hydrogens is 270 g/mol. The second-order valence-electron chi connectivity index (χ2n) is 3.85. The molecule has 19 heavy (non-hydrogen) atoms. The number of nitrogens with zero attached hydrogens (tertiary/aromatic N) is 3. The molecule has 0 amide bonds. The topological polar surface area (TPSA) is 77.2 Å². The number of aliphatic hydroxyl groups excluding tert-OH is 1. The van der Waals surface area contributed by atoms with Gasteiger partial charge in [0.25, 0.3) is 5.82 Å². The molecule has 1 unspecified atom stereocenters. The maximum absolute atomic E-state index is 11.2. The van der Waals surface area contributed by atoms with Gasteiger partial charge in [-0.1, -0.05) is 23.7 Å². The van der Waals surface area contributed by atoms with Crippen molar-refractivity contribution >= 4 is 17.6 Å². The number of carbonyl (C=O) groups excluding carboxylic acids is 1. The number of aromatic nitrogens is 3. The van der Waals surface area contributed by atoms with Crippen molar-refractivity contribution in [1.82, 2.24) is 14.8 Å². The third-order valence-corrected chi connectivity index (χ3v) is 2.73. The fourth-order valence-corrected chi connectivity index (χ4v) is 1.76. The van der Waals surface area contributed by atoms with E-state index in [1.165, 1.54) is 18.1 Å². The molecule has 0 saturated heterocycles. The first-order valence-electron chi connectivity index (χ1n) is 5.51. The van der Waals surface area contributed by atoms with Gasteiger partial charge in [0.1, 0.15) is 6.33 Å². The van der Waals surface area contributed by atoms with Crippen LogP contribution >= 0.6 is 11.6 Å². The molecular formula is C12H12ClN3O3. The average Bonchev–Trinajstić information content (AvgIpc) is 2.86. The highest BCUT2D eigenvalue weighted by atomic mass is 35.5. The van der Waals surface area contributed by atoms with Gasteiger partial charge in [0, 0.05) is 5.02 Å². The van der Waals surface area contributed by atoms with Crippen LogP contribution in [0.1, 0.15) is 22.3 Å². The summed E-state index contributed by atoms with van der Waals surface area (Å²) in [5.41, 5.74) is 0.669. The Morgan fingerprint density at radius 3 is 3.05 bits per heavy atom. The van der Waals surface area contributed by atoms with Crippen molar-refractivity contribution in [2.24, 2.45) is 0 Å². The minimum atomic E-state index is -0.786. The molecule has 0 aliphatic heterocycles. The third-order valence-electron chi connectivity index (χ3n) is 2.50. The Balaban J connectivity index is 2.08. The maximum Gasteiger partial charge on any atom is 0.377 e. The average molecular weight is 282 g/mol. The van der Waals surface area contributed by atoms with Crippen LogP contribution in [-0.4, -0.2) is 33.0 Å². The Kier molecular flexibility index (Phi) is 4.13.